The van der Waals surface area contributed by atoms with Crippen molar-refractivity contribution in [3.63, 3.8) is 0 Å². The molecule has 8 heteroatoms. The Labute approximate surface area is 89.2 Å². The Hall–Kier alpha value is -1.91. The van der Waals surface area contributed by atoms with Gasteiger partial charge < -0.3 is 15.3 Å². The molecule has 0 bridgehead atoms. The predicted octanol–water partition coefficient (Wildman–Crippen LogP) is 0.278. The summed E-state index contributed by atoms with van der Waals surface area (Å²) in [6, 6.07) is -1.17. The maximum Gasteiger partial charge on any atom is 0.405 e. The van der Waals surface area contributed by atoms with E-state index in [1.165, 1.54) is 5.32 Å². The molecule has 2 N–H and O–H groups in total. The van der Waals surface area contributed by atoms with Gasteiger partial charge in [-0.25, -0.2) is 4.79 Å². The number of terminal acetylenes is 1. The summed E-state index contributed by atoms with van der Waals surface area (Å²) in [5, 5.41) is 9.89. The van der Waals surface area contributed by atoms with Crippen molar-refractivity contribution in [3.8, 4) is 12.3 Å². The summed E-state index contributed by atoms with van der Waals surface area (Å²) in [5.41, 5.74) is 0. The number of carboxylic acid groups (broad SMARTS) is 1. The van der Waals surface area contributed by atoms with Gasteiger partial charge in [0.1, 0.15) is 13.1 Å². The number of carbonyl (C=O) groups is 2. The number of urea groups is 1. The molecule has 90 valence electrons. The molecular weight excluding hydrogens is 229 g/mol. The lowest BCUT2D eigenvalue weighted by Crippen LogP contribution is -2.45. The molecule has 0 aromatic heterocycles. The van der Waals surface area contributed by atoms with Crippen LogP contribution in [0.5, 0.6) is 0 Å². The lowest BCUT2D eigenvalue weighted by molar-refractivity contribution is -0.137. The fourth-order valence-corrected chi connectivity index (χ4v) is 0.761. The van der Waals surface area contributed by atoms with Gasteiger partial charge in [0.2, 0.25) is 0 Å². The quantitative estimate of drug-likeness (QED) is 0.691. The lowest BCUT2D eigenvalue weighted by Gasteiger charge is -2.19. The number of alkyl halides is 3. The number of hydrogen-bond donors (Lipinski definition) is 2. The number of amides is 2. The molecule has 0 fully saturated rings. The zero-order chi connectivity index (χ0) is 12.8. The second-order valence-corrected chi connectivity index (χ2v) is 2.73. The highest BCUT2D eigenvalue weighted by molar-refractivity contribution is 5.80. The molecule has 0 rings (SSSR count). The third-order valence-corrected chi connectivity index (χ3v) is 1.34. The van der Waals surface area contributed by atoms with Crippen molar-refractivity contribution in [2.45, 2.75) is 6.18 Å². The third-order valence-electron chi connectivity index (χ3n) is 1.34. The topological polar surface area (TPSA) is 69.6 Å². The maximum atomic E-state index is 11.7. The van der Waals surface area contributed by atoms with Crippen LogP contribution in [-0.4, -0.2) is 47.8 Å². The first-order valence-electron chi connectivity index (χ1n) is 4.01. The standard InChI is InChI=1S/C8H9F3N2O3/c1-2-3-13(4-6(14)15)7(16)12-5-8(9,10)11/h1H,3-5H2,(H,12,16)(H,14,15). The van der Waals surface area contributed by atoms with E-state index in [0.29, 0.717) is 4.90 Å². The van der Waals surface area contributed by atoms with Crippen LogP contribution in [0, 0.1) is 12.3 Å². The summed E-state index contributed by atoms with van der Waals surface area (Å²) in [6.45, 7) is -2.67. The van der Waals surface area contributed by atoms with Gasteiger partial charge in [-0.1, -0.05) is 5.92 Å². The first-order valence-corrected chi connectivity index (χ1v) is 4.01. The minimum absolute atomic E-state index is 0.379. The van der Waals surface area contributed by atoms with Crippen molar-refractivity contribution >= 4 is 12.0 Å². The molecule has 0 aliphatic heterocycles. The monoisotopic (exact) mass is 238 g/mol. The highest BCUT2D eigenvalue weighted by atomic mass is 19.4. The van der Waals surface area contributed by atoms with Gasteiger partial charge in [0.05, 0.1) is 6.54 Å². The molecule has 0 aliphatic carbocycles. The molecule has 0 aromatic carbocycles. The first-order chi connectivity index (χ1) is 7.26. The highest BCUT2D eigenvalue weighted by Gasteiger charge is 2.29. The third kappa shape index (κ3) is 6.53. The van der Waals surface area contributed by atoms with Crippen LogP contribution in [0.2, 0.25) is 0 Å². The van der Waals surface area contributed by atoms with Gasteiger partial charge in [0.25, 0.3) is 0 Å². The summed E-state index contributed by atoms with van der Waals surface area (Å²) in [7, 11) is 0. The van der Waals surface area contributed by atoms with Crippen LogP contribution in [0.1, 0.15) is 0 Å². The second-order valence-electron chi connectivity index (χ2n) is 2.73. The van der Waals surface area contributed by atoms with Gasteiger partial charge in [-0.2, -0.15) is 13.2 Å². The smallest absolute Gasteiger partial charge is 0.405 e. The molecule has 0 heterocycles. The van der Waals surface area contributed by atoms with Gasteiger partial charge in [0, 0.05) is 0 Å². The van der Waals surface area contributed by atoms with Crippen molar-refractivity contribution in [2.75, 3.05) is 19.6 Å². The fourth-order valence-electron chi connectivity index (χ4n) is 0.761. The van der Waals surface area contributed by atoms with E-state index in [1.54, 1.807) is 0 Å². The molecule has 0 saturated carbocycles. The van der Waals surface area contributed by atoms with Crippen molar-refractivity contribution in [2.24, 2.45) is 0 Å². The van der Waals surface area contributed by atoms with E-state index in [2.05, 4.69) is 0 Å². The van der Waals surface area contributed by atoms with Gasteiger partial charge in [0.15, 0.2) is 0 Å². The molecule has 5 nitrogen and oxygen atoms in total. The number of carbonyl (C=O) groups excluding carboxylic acids is 1. The van der Waals surface area contributed by atoms with Crippen molar-refractivity contribution in [3.05, 3.63) is 0 Å². The second kappa shape index (κ2) is 5.85. The summed E-state index contributed by atoms with van der Waals surface area (Å²) in [4.78, 5) is 21.9. The van der Waals surface area contributed by atoms with E-state index in [9.17, 15) is 22.8 Å². The molecule has 0 radical (unpaired) electrons. The van der Waals surface area contributed by atoms with Crippen LogP contribution >= 0.6 is 0 Å². The van der Waals surface area contributed by atoms with Crippen LogP contribution < -0.4 is 5.32 Å². The zero-order valence-corrected chi connectivity index (χ0v) is 8.04. The van der Waals surface area contributed by atoms with Gasteiger partial charge in [-0.3, -0.25) is 4.79 Å². The summed E-state index contributed by atoms with van der Waals surface area (Å²) < 4.78 is 35.2. The molecule has 0 atom stereocenters. The molecule has 0 spiro atoms. The average Bonchev–Trinajstić information content (AvgIpc) is 2.11. The van der Waals surface area contributed by atoms with Crippen molar-refractivity contribution in [1.82, 2.24) is 10.2 Å². The van der Waals surface area contributed by atoms with E-state index in [4.69, 9.17) is 11.5 Å². The zero-order valence-electron chi connectivity index (χ0n) is 8.04. The Kier molecular flexibility index (Phi) is 5.15. The number of halogens is 3. The number of aliphatic carboxylic acids is 1. The Morgan fingerprint density at radius 2 is 2.00 bits per heavy atom. The average molecular weight is 238 g/mol. The largest absolute Gasteiger partial charge is 0.480 e. The predicted molar refractivity (Wildman–Crippen MR) is 47.5 cm³/mol. The number of nitrogens with zero attached hydrogens (tertiary/aromatic N) is 1. The molecule has 0 aliphatic rings. The van der Waals surface area contributed by atoms with Crippen LogP contribution in [0.15, 0.2) is 0 Å². The normalized spacial score (nSPS) is 10.4. The minimum Gasteiger partial charge on any atom is -0.480 e. The van der Waals surface area contributed by atoms with Crippen molar-refractivity contribution < 1.29 is 27.9 Å². The number of nitrogens with one attached hydrogen (secondary N) is 1. The molecular formula is C8H9F3N2O3. The Balaban J connectivity index is 4.29. The van der Waals surface area contributed by atoms with E-state index in [0.717, 1.165) is 0 Å². The molecule has 2 amide bonds. The number of hydrogen-bond acceptors (Lipinski definition) is 2. The fraction of sp³-hybridized carbons (Fsp3) is 0.500. The Morgan fingerprint density at radius 1 is 1.44 bits per heavy atom. The minimum atomic E-state index is -4.55. The van der Waals surface area contributed by atoms with Crippen LogP contribution in [-0.2, 0) is 4.79 Å². The Morgan fingerprint density at radius 3 is 2.38 bits per heavy atom. The SMILES string of the molecule is C#CCN(CC(=O)O)C(=O)NCC(F)(F)F. The summed E-state index contributed by atoms with van der Waals surface area (Å²) in [6.07, 6.45) is 0.283. The lowest BCUT2D eigenvalue weighted by atomic mass is 10.5. The van der Waals surface area contributed by atoms with E-state index >= 15 is 0 Å². The van der Waals surface area contributed by atoms with E-state index in [1.807, 2.05) is 5.92 Å². The molecule has 0 saturated heterocycles. The van der Waals surface area contributed by atoms with Crippen LogP contribution in [0.3, 0.4) is 0 Å². The van der Waals surface area contributed by atoms with E-state index in [-0.39, 0.29) is 6.54 Å². The summed E-state index contributed by atoms with van der Waals surface area (Å²) in [5.74, 6) is 0.608. The van der Waals surface area contributed by atoms with Crippen molar-refractivity contribution in [1.29, 1.82) is 0 Å². The molecule has 0 aromatic rings. The van der Waals surface area contributed by atoms with Gasteiger partial charge in [-0.15, -0.1) is 6.42 Å². The number of rotatable bonds is 4. The molecule has 16 heavy (non-hydrogen) atoms. The van der Waals surface area contributed by atoms with Gasteiger partial charge >= 0.3 is 18.2 Å². The maximum absolute atomic E-state index is 11.7. The van der Waals surface area contributed by atoms with E-state index < -0.39 is 31.3 Å². The van der Waals surface area contributed by atoms with Crippen LogP contribution in [0.25, 0.3) is 0 Å². The van der Waals surface area contributed by atoms with Gasteiger partial charge in [-0.05, 0) is 0 Å². The molecule has 0 unspecified atom stereocenters. The van der Waals surface area contributed by atoms with Crippen LogP contribution in [0.4, 0.5) is 18.0 Å². The Bertz CT molecular complexity index is 309. The summed E-state index contributed by atoms with van der Waals surface area (Å²) >= 11 is 0. The highest BCUT2D eigenvalue weighted by Crippen LogP contribution is 2.12. The number of carboxylic acids is 1. The first kappa shape index (κ1) is 14.1.